The highest BCUT2D eigenvalue weighted by atomic mass is 16.4. The molecule has 25 heteroatoms. The van der Waals surface area contributed by atoms with Gasteiger partial charge in [-0.25, -0.2) is 4.79 Å². The first-order valence-corrected chi connectivity index (χ1v) is 22.4. The number of rotatable bonds is 33. The van der Waals surface area contributed by atoms with Gasteiger partial charge in [0.1, 0.15) is 42.3 Å². The number of carboxylic acids is 3. The molecule has 7 amide bonds. The summed E-state index contributed by atoms with van der Waals surface area (Å²) >= 11 is 0. The van der Waals surface area contributed by atoms with Gasteiger partial charge in [0, 0.05) is 19.4 Å². The van der Waals surface area contributed by atoms with Crippen LogP contribution in [0.5, 0.6) is 0 Å². The van der Waals surface area contributed by atoms with Crippen molar-refractivity contribution in [2.45, 2.75) is 162 Å². The molecule has 0 radical (unpaired) electrons. The molecule has 67 heavy (non-hydrogen) atoms. The summed E-state index contributed by atoms with van der Waals surface area (Å²) in [5.41, 5.74) is 16.6. The van der Waals surface area contributed by atoms with Crippen LogP contribution in [0.1, 0.15) is 113 Å². The number of aliphatic hydroxyl groups excluding tert-OH is 1. The number of aliphatic carboxylic acids is 3. The Morgan fingerprint density at radius 2 is 0.940 bits per heavy atom. The molecule has 0 unspecified atom stereocenters. The van der Waals surface area contributed by atoms with Crippen molar-refractivity contribution in [1.29, 1.82) is 0 Å². The number of aliphatic imine (C=N–C) groups is 1. The van der Waals surface area contributed by atoms with Crippen molar-refractivity contribution < 1.29 is 68.4 Å². The van der Waals surface area contributed by atoms with Crippen LogP contribution in [-0.2, 0) is 47.9 Å². The number of amides is 7. The van der Waals surface area contributed by atoms with Gasteiger partial charge in [0.2, 0.25) is 41.4 Å². The zero-order valence-corrected chi connectivity index (χ0v) is 39.8. The predicted molar refractivity (Wildman–Crippen MR) is 243 cm³/mol. The van der Waals surface area contributed by atoms with Crippen LogP contribution in [-0.4, -0.2) is 147 Å². The lowest BCUT2D eigenvalue weighted by Crippen LogP contribution is -2.61. The minimum Gasteiger partial charge on any atom is -0.481 e. The Labute approximate surface area is 390 Å². The maximum Gasteiger partial charge on any atom is 0.326 e. The molecule has 0 aromatic rings. The third-order valence-corrected chi connectivity index (χ3v) is 10.4. The van der Waals surface area contributed by atoms with Crippen molar-refractivity contribution in [3.05, 3.63) is 0 Å². The highest BCUT2D eigenvalue weighted by molar-refractivity contribution is 5.98. The average molecular weight is 958 g/mol. The van der Waals surface area contributed by atoms with Crippen LogP contribution in [0.25, 0.3) is 0 Å². The van der Waals surface area contributed by atoms with Gasteiger partial charge in [-0.2, -0.15) is 0 Å². The second-order valence-electron chi connectivity index (χ2n) is 17.6. The quantitative estimate of drug-likeness (QED) is 0.0182. The molecule has 0 aliphatic carbocycles. The second-order valence-corrected chi connectivity index (χ2v) is 17.6. The SMILES string of the molecule is CC[C@H](C)[C@H](NC(=O)[C@H](CO)NC(=O)[C@H](CC(C)C)NC(=O)[C@H](CCC(=O)O)NC(=O)[C@@H](NC(=O)[C@H](CCC(=O)O)NC(=O)[C@@H](N)CC(C)C)C(C)C)C(=O)N[C@@H](CCCN=C(N)N)C(=O)O. The molecule has 0 bridgehead atoms. The van der Waals surface area contributed by atoms with Crippen LogP contribution in [0, 0.1) is 23.7 Å². The van der Waals surface area contributed by atoms with Crippen LogP contribution >= 0.6 is 0 Å². The van der Waals surface area contributed by atoms with Gasteiger partial charge in [0.15, 0.2) is 5.96 Å². The Kier molecular flexibility index (Phi) is 28.1. The minimum absolute atomic E-state index is 0.0179. The van der Waals surface area contributed by atoms with E-state index in [-0.39, 0.29) is 56.4 Å². The largest absolute Gasteiger partial charge is 0.481 e. The highest BCUT2D eigenvalue weighted by Crippen LogP contribution is 2.13. The lowest BCUT2D eigenvalue weighted by Gasteiger charge is -2.29. The van der Waals surface area contributed by atoms with Crippen LogP contribution in [0.3, 0.4) is 0 Å². The number of nitrogens with one attached hydrogen (secondary N) is 7. The lowest BCUT2D eigenvalue weighted by molar-refractivity contribution is -0.143. The van der Waals surface area contributed by atoms with E-state index < -0.39 is 145 Å². The molecular weight excluding hydrogens is 883 g/mol. The van der Waals surface area contributed by atoms with Crippen molar-refractivity contribution in [2.75, 3.05) is 13.2 Å². The van der Waals surface area contributed by atoms with Gasteiger partial charge in [-0.1, -0.05) is 61.8 Å². The Balaban J connectivity index is 6.39. The fourth-order valence-corrected chi connectivity index (χ4v) is 6.44. The Morgan fingerprint density at radius 1 is 0.522 bits per heavy atom. The summed E-state index contributed by atoms with van der Waals surface area (Å²) in [5.74, 6) is -12.2. The summed E-state index contributed by atoms with van der Waals surface area (Å²) in [6.07, 6.45) is -1.35. The first-order valence-electron chi connectivity index (χ1n) is 22.4. The van der Waals surface area contributed by atoms with Gasteiger partial charge < -0.3 is 74.8 Å². The Bertz CT molecular complexity index is 1720. The Hall–Kier alpha value is -6.11. The van der Waals surface area contributed by atoms with Gasteiger partial charge in [0.25, 0.3) is 0 Å². The van der Waals surface area contributed by atoms with E-state index in [0.29, 0.717) is 6.42 Å². The highest BCUT2D eigenvalue weighted by Gasteiger charge is 2.36. The molecule has 0 rings (SSSR count). The van der Waals surface area contributed by atoms with E-state index in [1.807, 2.05) is 13.8 Å². The Morgan fingerprint density at radius 3 is 1.39 bits per heavy atom. The molecule has 0 spiro atoms. The maximum atomic E-state index is 13.9. The number of hydrogen-bond acceptors (Lipinski definition) is 13. The third-order valence-electron chi connectivity index (χ3n) is 10.4. The maximum absolute atomic E-state index is 13.9. The molecule has 382 valence electrons. The fraction of sp³-hybridized carbons (Fsp3) is 0.738. The molecule has 9 atom stereocenters. The van der Waals surface area contributed by atoms with Gasteiger partial charge in [0.05, 0.1) is 12.6 Å². The van der Waals surface area contributed by atoms with Crippen molar-refractivity contribution >= 4 is 65.2 Å². The monoisotopic (exact) mass is 958 g/mol. The first kappa shape index (κ1) is 60.9. The van der Waals surface area contributed by atoms with E-state index in [1.54, 1.807) is 41.5 Å². The summed E-state index contributed by atoms with van der Waals surface area (Å²) in [6.45, 7) is 12.6. The van der Waals surface area contributed by atoms with E-state index in [0.717, 1.165) is 0 Å². The zero-order chi connectivity index (χ0) is 51.7. The van der Waals surface area contributed by atoms with Crippen molar-refractivity contribution in [2.24, 2.45) is 45.9 Å². The van der Waals surface area contributed by atoms with E-state index in [9.17, 15) is 68.4 Å². The molecule has 0 saturated heterocycles. The predicted octanol–water partition coefficient (Wildman–Crippen LogP) is -2.64. The molecule has 0 fully saturated rings. The number of nitrogens with two attached hydrogens (primary N) is 3. The van der Waals surface area contributed by atoms with Crippen molar-refractivity contribution in [1.82, 2.24) is 37.2 Å². The van der Waals surface area contributed by atoms with Gasteiger partial charge in [-0.15, -0.1) is 0 Å². The summed E-state index contributed by atoms with van der Waals surface area (Å²) in [5, 5.41) is 55.7. The molecule has 0 saturated carbocycles. The fourth-order valence-electron chi connectivity index (χ4n) is 6.44. The molecule has 0 aromatic carbocycles. The summed E-state index contributed by atoms with van der Waals surface area (Å²) in [6, 6.07) is -11.3. The van der Waals surface area contributed by atoms with E-state index >= 15 is 0 Å². The van der Waals surface area contributed by atoms with Gasteiger partial charge in [-0.05, 0) is 62.2 Å². The molecule has 0 aliphatic heterocycles. The second kappa shape index (κ2) is 31.0. The number of aliphatic hydroxyl groups is 1. The first-order chi connectivity index (χ1) is 31.1. The summed E-state index contributed by atoms with van der Waals surface area (Å²) < 4.78 is 0. The third kappa shape index (κ3) is 24.3. The van der Waals surface area contributed by atoms with Crippen LogP contribution < -0.4 is 54.4 Å². The normalized spacial score (nSPS) is 15.2. The summed E-state index contributed by atoms with van der Waals surface area (Å²) in [7, 11) is 0. The number of carbonyl (C=O) groups excluding carboxylic acids is 7. The van der Waals surface area contributed by atoms with E-state index in [4.69, 9.17) is 17.2 Å². The smallest absolute Gasteiger partial charge is 0.326 e. The molecular formula is C42H75N11O14. The summed E-state index contributed by atoms with van der Waals surface area (Å²) in [4.78, 5) is 133. The van der Waals surface area contributed by atoms with E-state index in [1.165, 1.54) is 0 Å². The van der Waals surface area contributed by atoms with Crippen molar-refractivity contribution in [3.8, 4) is 0 Å². The van der Waals surface area contributed by atoms with E-state index in [2.05, 4.69) is 42.2 Å². The average Bonchev–Trinajstić information content (AvgIpc) is 3.22. The number of hydrogen-bond donors (Lipinski definition) is 14. The standard InChI is InChI=1S/C42H75N11O14/c1-9-23(8)33(40(65)49-27(41(66)67)11-10-16-46-42(44)45)53-38(63)29(19-54)51-37(62)28(18-21(4)5)50-35(60)25(12-14-30(55)56)48-39(64)32(22(6)7)52-36(61)26(13-15-31(57)58)47-34(59)24(43)17-20(2)3/h20-29,32-33,54H,9-19,43H2,1-8H3,(H,47,59)(H,48,64)(H,49,65)(H,50,60)(H,51,62)(H,52,61)(H,53,63)(H,55,56)(H,57,58)(H,66,67)(H4,44,45,46)/t23-,24-,25-,26-,27-,28-,29-,32-,33-/m0/s1. The van der Waals surface area contributed by atoms with Crippen molar-refractivity contribution in [3.63, 3.8) is 0 Å². The molecule has 0 aliphatic rings. The van der Waals surface area contributed by atoms with Crippen LogP contribution in [0.4, 0.5) is 0 Å². The van der Waals surface area contributed by atoms with Gasteiger partial charge in [-0.3, -0.25) is 48.1 Å². The van der Waals surface area contributed by atoms with Crippen LogP contribution in [0.15, 0.2) is 4.99 Å². The topological polar surface area (TPSA) is 426 Å². The zero-order valence-electron chi connectivity index (χ0n) is 39.8. The lowest BCUT2D eigenvalue weighted by atomic mass is 9.97. The minimum atomic E-state index is -1.69. The number of guanidine groups is 1. The molecule has 17 N–H and O–H groups in total. The molecule has 0 aromatic heterocycles. The molecule has 0 heterocycles. The van der Waals surface area contributed by atoms with Crippen LogP contribution in [0.2, 0.25) is 0 Å². The number of carbonyl (C=O) groups is 10. The molecule has 25 nitrogen and oxygen atoms in total. The number of carboxylic acid groups (broad SMARTS) is 3. The number of nitrogens with zero attached hydrogens (tertiary/aromatic N) is 1. The van der Waals surface area contributed by atoms with Gasteiger partial charge >= 0.3 is 17.9 Å².